The molecule has 1 amide bonds. The van der Waals surface area contributed by atoms with E-state index in [0.29, 0.717) is 68.0 Å². The Labute approximate surface area is 224 Å². The van der Waals surface area contributed by atoms with Crippen LogP contribution < -0.4 is 21.0 Å². The number of hydrogen-bond acceptors (Lipinski definition) is 11. The SMILES string of the molecule is Cc1ccc(-c2cccnc2)cc1NC(=O)ON1CCc2c(-c3cnc(N)nc3)nc(N3CCOCC3)nc21. The zero-order valence-electron chi connectivity index (χ0n) is 21.4. The van der Waals surface area contributed by atoms with Gasteiger partial charge >= 0.3 is 6.09 Å². The van der Waals surface area contributed by atoms with E-state index in [1.165, 1.54) is 5.06 Å². The normalized spacial score (nSPS) is 14.7. The highest BCUT2D eigenvalue weighted by molar-refractivity contribution is 5.88. The summed E-state index contributed by atoms with van der Waals surface area (Å²) < 4.78 is 5.50. The molecular formula is C27H27N9O3. The van der Waals surface area contributed by atoms with Gasteiger partial charge in [-0.2, -0.15) is 10.0 Å². The first-order valence-electron chi connectivity index (χ1n) is 12.6. The minimum atomic E-state index is -0.613. The summed E-state index contributed by atoms with van der Waals surface area (Å²) >= 11 is 0. The lowest BCUT2D eigenvalue weighted by atomic mass is 10.0. The predicted octanol–water partition coefficient (Wildman–Crippen LogP) is 3.25. The van der Waals surface area contributed by atoms with Crippen molar-refractivity contribution in [3.05, 3.63) is 66.2 Å². The van der Waals surface area contributed by atoms with Crippen LogP contribution in [0.1, 0.15) is 11.1 Å². The Morgan fingerprint density at radius 2 is 1.85 bits per heavy atom. The molecule has 0 atom stereocenters. The van der Waals surface area contributed by atoms with Gasteiger partial charge in [0.05, 0.1) is 25.5 Å². The lowest BCUT2D eigenvalue weighted by Gasteiger charge is -2.28. The van der Waals surface area contributed by atoms with Crippen molar-refractivity contribution < 1.29 is 14.4 Å². The van der Waals surface area contributed by atoms with E-state index in [0.717, 1.165) is 22.3 Å². The van der Waals surface area contributed by atoms with Crippen LogP contribution in [0.15, 0.2) is 55.1 Å². The van der Waals surface area contributed by atoms with Crippen LogP contribution in [0.3, 0.4) is 0 Å². The van der Waals surface area contributed by atoms with Crippen molar-refractivity contribution in [3.63, 3.8) is 0 Å². The number of nitrogen functional groups attached to an aromatic ring is 1. The van der Waals surface area contributed by atoms with Crippen LogP contribution in [0, 0.1) is 6.92 Å². The molecule has 3 N–H and O–H groups in total. The maximum atomic E-state index is 13.1. The third-order valence-electron chi connectivity index (χ3n) is 6.68. The third-order valence-corrected chi connectivity index (χ3v) is 6.68. The first-order valence-corrected chi connectivity index (χ1v) is 12.6. The van der Waals surface area contributed by atoms with Gasteiger partial charge in [-0.25, -0.2) is 19.7 Å². The van der Waals surface area contributed by atoms with Gasteiger partial charge in [0.2, 0.25) is 11.9 Å². The summed E-state index contributed by atoms with van der Waals surface area (Å²) in [6, 6.07) is 9.69. The molecule has 6 rings (SSSR count). The van der Waals surface area contributed by atoms with Gasteiger partial charge in [-0.3, -0.25) is 10.3 Å². The number of morpholine rings is 1. The summed E-state index contributed by atoms with van der Waals surface area (Å²) in [6.07, 6.45) is 6.76. The number of hydroxylamine groups is 1. The summed E-state index contributed by atoms with van der Waals surface area (Å²) in [4.78, 5) is 43.0. The molecule has 0 radical (unpaired) electrons. The topological polar surface area (TPSA) is 145 Å². The number of nitrogens with one attached hydrogen (secondary N) is 1. The fourth-order valence-electron chi connectivity index (χ4n) is 4.61. The van der Waals surface area contributed by atoms with Crippen LogP contribution in [0.2, 0.25) is 0 Å². The summed E-state index contributed by atoms with van der Waals surface area (Å²) in [6.45, 7) is 4.84. The summed E-state index contributed by atoms with van der Waals surface area (Å²) in [5.41, 5.74) is 11.4. The van der Waals surface area contributed by atoms with Crippen LogP contribution in [0.4, 0.5) is 28.2 Å². The molecule has 0 saturated carbocycles. The van der Waals surface area contributed by atoms with E-state index >= 15 is 0 Å². The molecule has 12 nitrogen and oxygen atoms in total. The number of ether oxygens (including phenoxy) is 1. The zero-order chi connectivity index (χ0) is 26.8. The van der Waals surface area contributed by atoms with Crippen molar-refractivity contribution in [1.82, 2.24) is 24.9 Å². The zero-order valence-corrected chi connectivity index (χ0v) is 21.4. The molecule has 1 fully saturated rings. The number of benzene rings is 1. The van der Waals surface area contributed by atoms with Gasteiger partial charge in [0.25, 0.3) is 0 Å². The van der Waals surface area contributed by atoms with E-state index < -0.39 is 6.09 Å². The molecular weight excluding hydrogens is 498 g/mol. The predicted molar refractivity (Wildman–Crippen MR) is 146 cm³/mol. The van der Waals surface area contributed by atoms with Gasteiger partial charge in [-0.05, 0) is 36.6 Å². The number of nitrogens with two attached hydrogens (primary N) is 1. The van der Waals surface area contributed by atoms with Crippen molar-refractivity contribution in [2.45, 2.75) is 13.3 Å². The number of carbonyl (C=O) groups is 1. The highest BCUT2D eigenvalue weighted by Crippen LogP contribution is 2.36. The second kappa shape index (κ2) is 10.5. The summed E-state index contributed by atoms with van der Waals surface area (Å²) in [5.74, 6) is 1.25. The molecule has 0 bridgehead atoms. The van der Waals surface area contributed by atoms with E-state index in [-0.39, 0.29) is 5.95 Å². The molecule has 2 aliphatic rings. The quantitative estimate of drug-likeness (QED) is 0.396. The minimum absolute atomic E-state index is 0.183. The van der Waals surface area contributed by atoms with Crippen LogP contribution in [-0.2, 0) is 16.0 Å². The van der Waals surface area contributed by atoms with E-state index in [1.807, 2.05) is 37.3 Å². The van der Waals surface area contributed by atoms with Crippen molar-refractivity contribution in [2.75, 3.05) is 53.9 Å². The molecule has 4 aromatic rings. The lowest BCUT2D eigenvalue weighted by molar-refractivity contribution is 0.122. The van der Waals surface area contributed by atoms with E-state index in [9.17, 15) is 4.79 Å². The second-order valence-electron chi connectivity index (χ2n) is 9.23. The van der Waals surface area contributed by atoms with Gasteiger partial charge in [0.15, 0.2) is 5.82 Å². The number of hydrogen-bond donors (Lipinski definition) is 2. The Morgan fingerprint density at radius 1 is 1.03 bits per heavy atom. The monoisotopic (exact) mass is 525 g/mol. The first kappa shape index (κ1) is 24.5. The molecule has 2 aliphatic heterocycles. The number of pyridine rings is 1. The molecule has 1 saturated heterocycles. The number of aromatic nitrogens is 5. The Morgan fingerprint density at radius 3 is 2.62 bits per heavy atom. The number of aryl methyl sites for hydroxylation is 1. The largest absolute Gasteiger partial charge is 0.436 e. The fourth-order valence-corrected chi connectivity index (χ4v) is 4.61. The first-order chi connectivity index (χ1) is 19.0. The lowest BCUT2D eigenvalue weighted by Crippen LogP contribution is -2.37. The highest BCUT2D eigenvalue weighted by Gasteiger charge is 2.31. The number of anilines is 4. The molecule has 3 aromatic heterocycles. The average Bonchev–Trinajstić information content (AvgIpc) is 3.37. The molecule has 0 spiro atoms. The molecule has 198 valence electrons. The Hall–Kier alpha value is -4.84. The average molecular weight is 526 g/mol. The highest BCUT2D eigenvalue weighted by atomic mass is 16.7. The molecule has 5 heterocycles. The number of amides is 1. The van der Waals surface area contributed by atoms with Crippen molar-refractivity contribution >= 4 is 29.5 Å². The van der Waals surface area contributed by atoms with Crippen molar-refractivity contribution in [2.24, 2.45) is 0 Å². The Balaban J connectivity index is 1.27. The maximum Gasteiger partial charge on any atom is 0.436 e. The molecule has 12 heteroatoms. The van der Waals surface area contributed by atoms with Gasteiger partial charge in [0, 0.05) is 60.3 Å². The standard InChI is InChI=1S/C27H27N9O3/c1-17-4-5-18(19-3-2-7-29-14-19)13-22(17)32-27(37)39-36-8-6-21-23(20-15-30-25(28)31-16-20)33-26(34-24(21)36)35-9-11-38-12-10-35/h2-5,7,13-16H,6,8-12H2,1H3,(H,32,37)(H2,28,30,31). The number of nitrogens with zero attached hydrogens (tertiary/aromatic N) is 7. The van der Waals surface area contributed by atoms with Crippen LogP contribution in [-0.4, -0.2) is 63.9 Å². The number of carbonyl (C=O) groups excluding carboxylic acids is 1. The molecule has 0 unspecified atom stereocenters. The van der Waals surface area contributed by atoms with Gasteiger partial charge < -0.3 is 20.2 Å². The summed E-state index contributed by atoms with van der Waals surface area (Å²) in [5, 5.41) is 4.39. The van der Waals surface area contributed by atoms with E-state index in [1.54, 1.807) is 24.8 Å². The minimum Gasteiger partial charge on any atom is -0.378 e. The van der Waals surface area contributed by atoms with E-state index in [4.69, 9.17) is 25.3 Å². The molecule has 0 aliphatic carbocycles. The van der Waals surface area contributed by atoms with Gasteiger partial charge in [-0.15, -0.1) is 0 Å². The van der Waals surface area contributed by atoms with Gasteiger partial charge in [0.1, 0.15) is 0 Å². The second-order valence-corrected chi connectivity index (χ2v) is 9.23. The Kier molecular flexibility index (Phi) is 6.59. The maximum absolute atomic E-state index is 13.1. The smallest absolute Gasteiger partial charge is 0.378 e. The number of fused-ring (bicyclic) bond motifs is 1. The van der Waals surface area contributed by atoms with Crippen molar-refractivity contribution in [3.8, 4) is 22.4 Å². The van der Waals surface area contributed by atoms with Crippen LogP contribution in [0.25, 0.3) is 22.4 Å². The fraction of sp³-hybridized carbons (Fsp3) is 0.259. The van der Waals surface area contributed by atoms with Crippen molar-refractivity contribution in [1.29, 1.82) is 0 Å². The number of rotatable bonds is 5. The van der Waals surface area contributed by atoms with Crippen LogP contribution in [0.5, 0.6) is 0 Å². The van der Waals surface area contributed by atoms with Crippen LogP contribution >= 0.6 is 0 Å². The molecule has 39 heavy (non-hydrogen) atoms. The molecule has 1 aromatic carbocycles. The van der Waals surface area contributed by atoms with Gasteiger partial charge in [-0.1, -0.05) is 18.2 Å². The third kappa shape index (κ3) is 5.14. The summed E-state index contributed by atoms with van der Waals surface area (Å²) in [7, 11) is 0. The Bertz CT molecular complexity index is 1490. The van der Waals surface area contributed by atoms with E-state index in [2.05, 4.69) is 25.2 Å².